The van der Waals surface area contributed by atoms with Gasteiger partial charge in [0, 0.05) is 5.54 Å². The SMILES string of the molecule is CC(C)(C)CC1CCN(C(C)(C)C)CC1. The van der Waals surface area contributed by atoms with E-state index in [9.17, 15) is 0 Å². The van der Waals surface area contributed by atoms with E-state index in [1.807, 2.05) is 0 Å². The third kappa shape index (κ3) is 4.55. The van der Waals surface area contributed by atoms with Crippen LogP contribution in [0.4, 0.5) is 0 Å². The van der Waals surface area contributed by atoms with Gasteiger partial charge in [0.05, 0.1) is 0 Å². The summed E-state index contributed by atoms with van der Waals surface area (Å²) in [5, 5.41) is 0. The Hall–Kier alpha value is -0.0400. The zero-order valence-electron chi connectivity index (χ0n) is 11.6. The van der Waals surface area contributed by atoms with Gasteiger partial charge in [0.25, 0.3) is 0 Å². The van der Waals surface area contributed by atoms with Gasteiger partial charge in [0.2, 0.25) is 0 Å². The van der Waals surface area contributed by atoms with Gasteiger partial charge >= 0.3 is 0 Å². The van der Waals surface area contributed by atoms with Crippen molar-refractivity contribution >= 4 is 0 Å². The summed E-state index contributed by atoms with van der Waals surface area (Å²) in [6.07, 6.45) is 4.19. The zero-order valence-corrected chi connectivity index (χ0v) is 11.6. The van der Waals surface area contributed by atoms with Crippen LogP contribution in [0.2, 0.25) is 0 Å². The van der Waals surface area contributed by atoms with E-state index in [0.717, 1.165) is 5.92 Å². The predicted octanol–water partition coefficient (Wildman–Crippen LogP) is 3.93. The van der Waals surface area contributed by atoms with Crippen LogP contribution in [0, 0.1) is 11.3 Å². The molecule has 1 saturated heterocycles. The molecule has 0 atom stereocenters. The monoisotopic (exact) mass is 211 g/mol. The van der Waals surface area contributed by atoms with Gasteiger partial charge in [-0.1, -0.05) is 20.8 Å². The molecule has 1 rings (SSSR count). The Balaban J connectivity index is 2.37. The molecule has 0 N–H and O–H groups in total. The van der Waals surface area contributed by atoms with Crippen molar-refractivity contribution in [3.05, 3.63) is 0 Å². The van der Waals surface area contributed by atoms with Gasteiger partial charge in [0.15, 0.2) is 0 Å². The molecule has 1 heteroatoms. The molecule has 0 aromatic heterocycles. The van der Waals surface area contributed by atoms with Gasteiger partial charge in [-0.15, -0.1) is 0 Å². The largest absolute Gasteiger partial charge is 0.298 e. The average Bonchev–Trinajstić information content (AvgIpc) is 2.00. The summed E-state index contributed by atoms with van der Waals surface area (Å²) in [7, 11) is 0. The topological polar surface area (TPSA) is 3.24 Å². The molecule has 90 valence electrons. The Morgan fingerprint density at radius 2 is 1.40 bits per heavy atom. The highest BCUT2D eigenvalue weighted by atomic mass is 15.2. The number of hydrogen-bond donors (Lipinski definition) is 0. The van der Waals surface area contributed by atoms with E-state index in [-0.39, 0.29) is 0 Å². The molecule has 0 saturated carbocycles. The summed E-state index contributed by atoms with van der Waals surface area (Å²) in [6.45, 7) is 16.7. The van der Waals surface area contributed by atoms with E-state index in [1.165, 1.54) is 32.4 Å². The van der Waals surface area contributed by atoms with Gasteiger partial charge in [-0.25, -0.2) is 0 Å². The first-order valence-electron chi connectivity index (χ1n) is 6.43. The highest BCUT2D eigenvalue weighted by molar-refractivity contribution is 4.83. The van der Waals surface area contributed by atoms with E-state index in [0.29, 0.717) is 11.0 Å². The molecule has 1 aliphatic heterocycles. The van der Waals surface area contributed by atoms with Crippen LogP contribution >= 0.6 is 0 Å². The van der Waals surface area contributed by atoms with Gasteiger partial charge in [-0.3, -0.25) is 4.90 Å². The standard InChI is InChI=1S/C14H29N/c1-13(2,3)11-12-7-9-15(10-8-12)14(4,5)6/h12H,7-11H2,1-6H3. The van der Waals surface area contributed by atoms with E-state index >= 15 is 0 Å². The minimum absolute atomic E-state index is 0.368. The molecule has 1 nitrogen and oxygen atoms in total. The second kappa shape index (κ2) is 4.45. The smallest absolute Gasteiger partial charge is 0.0125 e. The van der Waals surface area contributed by atoms with E-state index in [4.69, 9.17) is 0 Å². The molecule has 0 unspecified atom stereocenters. The molecule has 0 radical (unpaired) electrons. The first-order valence-corrected chi connectivity index (χ1v) is 6.43. The highest BCUT2D eigenvalue weighted by Crippen LogP contribution is 2.32. The maximum absolute atomic E-state index is 2.63. The Labute approximate surface area is 96.2 Å². The molecule has 15 heavy (non-hydrogen) atoms. The third-order valence-electron chi connectivity index (χ3n) is 3.46. The summed E-state index contributed by atoms with van der Waals surface area (Å²) >= 11 is 0. The lowest BCUT2D eigenvalue weighted by Crippen LogP contribution is -2.46. The molecule has 0 aromatic rings. The van der Waals surface area contributed by atoms with Crippen molar-refractivity contribution in [1.29, 1.82) is 0 Å². The molecule has 1 fully saturated rings. The van der Waals surface area contributed by atoms with E-state index in [2.05, 4.69) is 46.4 Å². The van der Waals surface area contributed by atoms with E-state index in [1.54, 1.807) is 0 Å². The fraction of sp³-hybridized carbons (Fsp3) is 1.00. The van der Waals surface area contributed by atoms with Crippen molar-refractivity contribution in [3.63, 3.8) is 0 Å². The van der Waals surface area contributed by atoms with Crippen molar-refractivity contribution in [2.45, 2.75) is 66.3 Å². The maximum Gasteiger partial charge on any atom is 0.0125 e. The van der Waals surface area contributed by atoms with Crippen LogP contribution in [0.25, 0.3) is 0 Å². The van der Waals surface area contributed by atoms with Crippen LogP contribution in [-0.4, -0.2) is 23.5 Å². The molecule has 1 heterocycles. The molecule has 0 amide bonds. The van der Waals surface area contributed by atoms with Gasteiger partial charge < -0.3 is 0 Å². The maximum atomic E-state index is 2.63. The van der Waals surface area contributed by atoms with Crippen LogP contribution in [0.15, 0.2) is 0 Å². The van der Waals surface area contributed by atoms with E-state index < -0.39 is 0 Å². The molecule has 0 aromatic carbocycles. The second-order valence-electron chi connectivity index (χ2n) is 7.37. The van der Waals surface area contributed by atoms with Crippen molar-refractivity contribution in [2.75, 3.05) is 13.1 Å². The van der Waals surface area contributed by atoms with Crippen molar-refractivity contribution in [3.8, 4) is 0 Å². The molecular formula is C14H29N. The fourth-order valence-electron chi connectivity index (χ4n) is 2.67. The fourth-order valence-corrected chi connectivity index (χ4v) is 2.67. The lowest BCUT2D eigenvalue weighted by molar-refractivity contribution is 0.0757. The van der Waals surface area contributed by atoms with Crippen molar-refractivity contribution in [2.24, 2.45) is 11.3 Å². The normalized spacial score (nSPS) is 22.0. The predicted molar refractivity (Wildman–Crippen MR) is 68.1 cm³/mol. The highest BCUT2D eigenvalue weighted by Gasteiger charge is 2.28. The molecule has 1 aliphatic rings. The number of piperidine rings is 1. The molecule has 0 bridgehead atoms. The second-order valence-corrected chi connectivity index (χ2v) is 7.37. The van der Waals surface area contributed by atoms with Crippen LogP contribution in [0.1, 0.15) is 60.8 Å². The quantitative estimate of drug-likeness (QED) is 0.635. The number of hydrogen-bond acceptors (Lipinski definition) is 1. The molecule has 0 spiro atoms. The van der Waals surface area contributed by atoms with Crippen molar-refractivity contribution < 1.29 is 0 Å². The minimum atomic E-state index is 0.368. The lowest BCUT2D eigenvalue weighted by atomic mass is 9.80. The van der Waals surface area contributed by atoms with Crippen LogP contribution in [0.3, 0.4) is 0 Å². The average molecular weight is 211 g/mol. The Morgan fingerprint density at radius 1 is 0.933 bits per heavy atom. The summed E-state index contributed by atoms with van der Waals surface area (Å²) < 4.78 is 0. The first-order chi connectivity index (χ1) is 6.68. The Bertz CT molecular complexity index is 186. The van der Waals surface area contributed by atoms with Crippen LogP contribution in [0.5, 0.6) is 0 Å². The van der Waals surface area contributed by atoms with Crippen LogP contribution < -0.4 is 0 Å². The first kappa shape index (κ1) is 13.0. The summed E-state index contributed by atoms with van der Waals surface area (Å²) in [4.78, 5) is 2.63. The Kier molecular flexibility index (Phi) is 3.86. The van der Waals surface area contributed by atoms with Gasteiger partial charge in [0.1, 0.15) is 0 Å². The lowest BCUT2D eigenvalue weighted by Gasteiger charge is -2.42. The summed E-state index contributed by atoms with van der Waals surface area (Å²) in [6, 6.07) is 0. The Morgan fingerprint density at radius 3 is 1.73 bits per heavy atom. The summed E-state index contributed by atoms with van der Waals surface area (Å²) in [5.74, 6) is 0.962. The van der Waals surface area contributed by atoms with Crippen LogP contribution in [-0.2, 0) is 0 Å². The minimum Gasteiger partial charge on any atom is -0.298 e. The number of likely N-dealkylation sites (tertiary alicyclic amines) is 1. The molecular weight excluding hydrogens is 182 g/mol. The van der Waals surface area contributed by atoms with Gasteiger partial charge in [-0.2, -0.15) is 0 Å². The van der Waals surface area contributed by atoms with Crippen molar-refractivity contribution in [1.82, 2.24) is 4.90 Å². The third-order valence-corrected chi connectivity index (χ3v) is 3.46. The number of nitrogens with zero attached hydrogens (tertiary/aromatic N) is 1. The summed E-state index contributed by atoms with van der Waals surface area (Å²) in [5.41, 5.74) is 0.876. The zero-order chi connectivity index (χ0) is 11.7. The van der Waals surface area contributed by atoms with Gasteiger partial charge in [-0.05, 0) is 64.5 Å². The number of rotatable bonds is 1. The molecule has 0 aliphatic carbocycles.